The largest absolute Gasteiger partial charge is 0.496 e. The number of nitrogens with zero attached hydrogens (tertiary/aromatic N) is 4. The number of allylic oxidation sites excluding steroid dienone is 4. The van der Waals surface area contributed by atoms with E-state index in [-0.39, 0.29) is 52.9 Å². The lowest BCUT2D eigenvalue weighted by atomic mass is 9.86. The van der Waals surface area contributed by atoms with Gasteiger partial charge >= 0.3 is 0 Å². The number of methoxy groups -OCH3 is 1. The molecule has 0 spiro atoms. The number of nitro benzene ring substituents is 1. The van der Waals surface area contributed by atoms with E-state index in [0.29, 0.717) is 17.0 Å². The highest BCUT2D eigenvalue weighted by molar-refractivity contribution is 6.26. The number of ketones is 2. The van der Waals surface area contributed by atoms with Crippen molar-refractivity contribution in [3.05, 3.63) is 98.6 Å². The smallest absolute Gasteiger partial charge is 0.298 e. The molecule has 1 aliphatic rings. The highest BCUT2D eigenvalue weighted by atomic mass is 16.6. The van der Waals surface area contributed by atoms with Gasteiger partial charge in [0.15, 0.2) is 11.5 Å². The molecule has 2 aromatic carbocycles. The van der Waals surface area contributed by atoms with E-state index in [4.69, 9.17) is 9.47 Å². The highest BCUT2D eigenvalue weighted by Crippen LogP contribution is 2.30. The molecule has 3 aromatic rings. The highest BCUT2D eigenvalue weighted by Gasteiger charge is 2.33. The van der Waals surface area contributed by atoms with Gasteiger partial charge in [-0.05, 0) is 32.4 Å². The van der Waals surface area contributed by atoms with Gasteiger partial charge in [0, 0.05) is 11.1 Å². The third kappa shape index (κ3) is 4.72. The minimum absolute atomic E-state index is 0.0313. The van der Waals surface area contributed by atoms with E-state index in [9.17, 15) is 19.7 Å². The SMILES string of the molecule is COc1ccc(-n2cc(COC3=C(CC=C(C)C)C(=O)c4ccccc4C3=O)nn2)c([N+](=O)[O-])c1. The monoisotopic (exact) mass is 474 g/mol. The summed E-state index contributed by atoms with van der Waals surface area (Å²) in [6, 6.07) is 11.0. The van der Waals surface area contributed by atoms with E-state index in [0.717, 1.165) is 5.57 Å². The molecule has 0 amide bonds. The number of nitro groups is 1. The summed E-state index contributed by atoms with van der Waals surface area (Å²) in [7, 11) is 1.42. The van der Waals surface area contributed by atoms with Crippen LogP contribution in [0.2, 0.25) is 0 Å². The maximum absolute atomic E-state index is 13.2. The van der Waals surface area contributed by atoms with Crippen molar-refractivity contribution in [1.29, 1.82) is 0 Å². The Labute approximate surface area is 200 Å². The average Bonchev–Trinajstić information content (AvgIpc) is 3.33. The fourth-order valence-corrected chi connectivity index (χ4v) is 3.65. The van der Waals surface area contributed by atoms with Gasteiger partial charge in [-0.2, -0.15) is 0 Å². The Morgan fingerprint density at radius 1 is 1.11 bits per heavy atom. The summed E-state index contributed by atoms with van der Waals surface area (Å²) in [5.41, 5.74) is 2.20. The van der Waals surface area contributed by atoms with Crippen LogP contribution in [0.1, 0.15) is 46.7 Å². The number of ether oxygens (including phenoxy) is 2. The number of carbonyl (C=O) groups is 2. The Hall–Kier alpha value is -4.60. The molecule has 10 nitrogen and oxygen atoms in total. The first-order valence-corrected chi connectivity index (χ1v) is 10.7. The number of benzene rings is 2. The maximum atomic E-state index is 13.2. The number of fused-ring (bicyclic) bond motifs is 1. The topological polar surface area (TPSA) is 126 Å². The van der Waals surface area contributed by atoms with E-state index in [1.54, 1.807) is 30.3 Å². The fourth-order valence-electron chi connectivity index (χ4n) is 3.65. The summed E-state index contributed by atoms with van der Waals surface area (Å²) < 4.78 is 12.1. The number of rotatable bonds is 8. The molecule has 4 rings (SSSR count). The van der Waals surface area contributed by atoms with Gasteiger partial charge in [-0.1, -0.05) is 41.1 Å². The van der Waals surface area contributed by atoms with Crippen LogP contribution in [0.5, 0.6) is 5.75 Å². The van der Waals surface area contributed by atoms with Crippen molar-refractivity contribution in [2.45, 2.75) is 26.9 Å². The zero-order chi connectivity index (χ0) is 25.1. The first-order chi connectivity index (χ1) is 16.8. The van der Waals surface area contributed by atoms with Crippen LogP contribution in [0.3, 0.4) is 0 Å². The summed E-state index contributed by atoms with van der Waals surface area (Å²) >= 11 is 0. The second-order valence-corrected chi connectivity index (χ2v) is 8.05. The lowest BCUT2D eigenvalue weighted by Crippen LogP contribution is -2.23. The quantitative estimate of drug-likeness (QED) is 0.267. The molecule has 10 heteroatoms. The molecular weight excluding hydrogens is 452 g/mol. The summed E-state index contributed by atoms with van der Waals surface area (Å²) in [6.07, 6.45) is 3.58. The van der Waals surface area contributed by atoms with Crippen LogP contribution in [-0.4, -0.2) is 38.6 Å². The van der Waals surface area contributed by atoms with Crippen LogP contribution in [0.25, 0.3) is 5.69 Å². The first kappa shape index (κ1) is 23.6. The Bertz CT molecular complexity index is 1400. The van der Waals surface area contributed by atoms with Crippen molar-refractivity contribution in [3.8, 4) is 11.4 Å². The van der Waals surface area contributed by atoms with Crippen molar-refractivity contribution in [2.24, 2.45) is 0 Å². The van der Waals surface area contributed by atoms with E-state index >= 15 is 0 Å². The van der Waals surface area contributed by atoms with Gasteiger partial charge in [-0.25, -0.2) is 4.68 Å². The van der Waals surface area contributed by atoms with Crippen molar-refractivity contribution < 1.29 is 24.0 Å². The van der Waals surface area contributed by atoms with Crippen LogP contribution in [0.15, 0.2) is 71.6 Å². The Balaban J connectivity index is 1.63. The molecule has 0 saturated heterocycles. The predicted octanol–water partition coefficient (Wildman–Crippen LogP) is 4.39. The Morgan fingerprint density at radius 3 is 2.49 bits per heavy atom. The second-order valence-electron chi connectivity index (χ2n) is 8.05. The molecule has 1 aliphatic carbocycles. The molecule has 0 N–H and O–H groups in total. The molecule has 0 bridgehead atoms. The van der Waals surface area contributed by atoms with Gasteiger partial charge in [0.2, 0.25) is 5.78 Å². The van der Waals surface area contributed by atoms with Crippen molar-refractivity contribution >= 4 is 17.3 Å². The van der Waals surface area contributed by atoms with Crippen LogP contribution in [0, 0.1) is 10.1 Å². The molecule has 0 atom stereocenters. The van der Waals surface area contributed by atoms with E-state index in [1.807, 2.05) is 19.9 Å². The standard InChI is InChI=1S/C25H22N4O6/c1-15(2)8-10-20-23(30)18-6-4-5-7-19(18)24(31)25(20)35-14-16-13-28(27-26-16)21-11-9-17(34-3)12-22(21)29(32)33/h4-9,11-13H,10,14H2,1-3H3. The predicted molar refractivity (Wildman–Crippen MR) is 126 cm³/mol. The number of carbonyl (C=O) groups excluding carboxylic acids is 2. The molecule has 0 fully saturated rings. The number of hydrogen-bond acceptors (Lipinski definition) is 8. The van der Waals surface area contributed by atoms with Gasteiger partial charge in [-0.15, -0.1) is 5.10 Å². The summed E-state index contributed by atoms with van der Waals surface area (Å²) in [6.45, 7) is 3.65. The van der Waals surface area contributed by atoms with Gasteiger partial charge in [0.1, 0.15) is 23.7 Å². The summed E-state index contributed by atoms with van der Waals surface area (Å²) in [5, 5.41) is 19.5. The molecule has 0 aliphatic heterocycles. The van der Waals surface area contributed by atoms with E-state index in [2.05, 4.69) is 10.3 Å². The van der Waals surface area contributed by atoms with Crippen molar-refractivity contribution in [3.63, 3.8) is 0 Å². The van der Waals surface area contributed by atoms with Gasteiger partial charge in [-0.3, -0.25) is 19.7 Å². The fraction of sp³-hybridized carbons (Fsp3) is 0.200. The van der Waals surface area contributed by atoms with Gasteiger partial charge in [0.05, 0.1) is 29.9 Å². The maximum Gasteiger partial charge on any atom is 0.298 e. The minimum atomic E-state index is -0.542. The molecule has 1 heterocycles. The van der Waals surface area contributed by atoms with Crippen LogP contribution in [-0.2, 0) is 11.3 Å². The average molecular weight is 474 g/mol. The molecule has 0 unspecified atom stereocenters. The van der Waals surface area contributed by atoms with Crippen LogP contribution >= 0.6 is 0 Å². The third-order valence-corrected chi connectivity index (χ3v) is 5.42. The first-order valence-electron chi connectivity index (χ1n) is 10.7. The van der Waals surface area contributed by atoms with E-state index in [1.165, 1.54) is 30.1 Å². The van der Waals surface area contributed by atoms with Gasteiger partial charge in [0.25, 0.3) is 5.69 Å². The zero-order valence-corrected chi connectivity index (χ0v) is 19.3. The minimum Gasteiger partial charge on any atom is -0.496 e. The second kappa shape index (κ2) is 9.72. The van der Waals surface area contributed by atoms with Crippen LogP contribution in [0.4, 0.5) is 5.69 Å². The molecule has 35 heavy (non-hydrogen) atoms. The normalized spacial score (nSPS) is 12.9. The Kier molecular flexibility index (Phi) is 6.54. The van der Waals surface area contributed by atoms with Crippen LogP contribution < -0.4 is 4.74 Å². The molecule has 0 saturated carbocycles. The lowest BCUT2D eigenvalue weighted by Gasteiger charge is -2.20. The molecule has 1 aromatic heterocycles. The summed E-state index contributed by atoms with van der Waals surface area (Å²) in [4.78, 5) is 37.2. The molecule has 0 radical (unpaired) electrons. The van der Waals surface area contributed by atoms with Crippen molar-refractivity contribution in [1.82, 2.24) is 15.0 Å². The molecule has 178 valence electrons. The Morgan fingerprint density at radius 2 is 1.83 bits per heavy atom. The zero-order valence-electron chi connectivity index (χ0n) is 19.3. The number of Topliss-reactive ketones (excluding diaryl/α,β-unsaturated/α-hetero) is 2. The van der Waals surface area contributed by atoms with E-state index < -0.39 is 4.92 Å². The number of aromatic nitrogens is 3. The third-order valence-electron chi connectivity index (χ3n) is 5.42. The van der Waals surface area contributed by atoms with Crippen molar-refractivity contribution in [2.75, 3.05) is 7.11 Å². The summed E-state index contributed by atoms with van der Waals surface area (Å²) in [5.74, 6) is -0.336. The lowest BCUT2D eigenvalue weighted by molar-refractivity contribution is -0.384. The number of hydrogen-bond donors (Lipinski definition) is 0. The molecular formula is C25H22N4O6. The van der Waals surface area contributed by atoms with Gasteiger partial charge < -0.3 is 9.47 Å².